The summed E-state index contributed by atoms with van der Waals surface area (Å²) < 4.78 is 30.8. The maximum absolute atomic E-state index is 14.5. The molecule has 0 spiro atoms. The molecule has 0 radical (unpaired) electrons. The molecule has 0 atom stereocenters. The molecule has 216 valence electrons. The maximum atomic E-state index is 14.5. The number of carbonyl (C=O) groups excluding carboxylic acids is 3. The fourth-order valence-corrected chi connectivity index (χ4v) is 7.10. The van der Waals surface area contributed by atoms with Gasteiger partial charge in [-0.1, -0.05) is 41.2 Å². The van der Waals surface area contributed by atoms with Crippen LogP contribution in [0.4, 0.5) is 5.13 Å². The molecule has 40 heavy (non-hydrogen) atoms. The van der Waals surface area contributed by atoms with Gasteiger partial charge in [0, 0.05) is 5.56 Å². The zero-order valence-corrected chi connectivity index (χ0v) is 25.3. The molecule has 0 saturated carbocycles. The third-order valence-electron chi connectivity index (χ3n) is 5.74. The molecule has 3 aromatic rings. The summed E-state index contributed by atoms with van der Waals surface area (Å²) in [6.07, 6.45) is 0. The van der Waals surface area contributed by atoms with Gasteiger partial charge in [0.25, 0.3) is 7.44 Å². The van der Waals surface area contributed by atoms with Crippen LogP contribution in [0.3, 0.4) is 0 Å². The molecule has 0 unspecified atom stereocenters. The highest BCUT2D eigenvalue weighted by Gasteiger charge is 2.45. The van der Waals surface area contributed by atoms with Crippen LogP contribution < -0.4 is 21.4 Å². The minimum absolute atomic E-state index is 0.113. The Kier molecular flexibility index (Phi) is 9.41. The number of hydrogen-bond acceptors (Lipinski definition) is 10. The minimum atomic E-state index is -4.07. The Morgan fingerprint density at radius 1 is 0.950 bits per heavy atom. The van der Waals surface area contributed by atoms with Crippen LogP contribution in [0.25, 0.3) is 11.5 Å². The first-order valence-corrected chi connectivity index (χ1v) is 15.2. The number of nitrogen functional groups attached to an aromatic ring is 1. The number of ketones is 1. The van der Waals surface area contributed by atoms with Gasteiger partial charge < -0.3 is 19.6 Å². The SMILES string of the molecule is CCOC(=O)C(C)(C)NP(=O)(NC(C)(C)C(=O)OCC)c1ccc(-c2nc(N)sc2C(=O)c2ccc(C)cc2)o1. The standard InChI is InChI=1S/C27H35N4O7PS/c1-8-36-23(33)26(4,5)30-39(35,31-27(6,7)24(34)37-9-2)19-15-14-18(38-19)20-22(40-25(28)29-20)21(32)17-12-10-16(3)11-13-17/h10-15H,8-9H2,1-7H3,(H2,28,29)(H2,30,31,35). The highest BCUT2D eigenvalue weighted by atomic mass is 32.1. The number of rotatable bonds is 12. The summed E-state index contributed by atoms with van der Waals surface area (Å²) in [4.78, 5) is 43.2. The van der Waals surface area contributed by atoms with Gasteiger partial charge in [0.1, 0.15) is 21.6 Å². The number of aromatic nitrogens is 1. The number of nitrogens with one attached hydrogen (secondary N) is 2. The summed E-state index contributed by atoms with van der Waals surface area (Å²) >= 11 is 1.01. The lowest BCUT2D eigenvalue weighted by Crippen LogP contribution is -2.55. The van der Waals surface area contributed by atoms with Crippen LogP contribution in [-0.4, -0.2) is 47.0 Å². The molecular weight excluding hydrogens is 555 g/mol. The molecule has 0 aliphatic heterocycles. The number of anilines is 1. The number of nitrogens with two attached hydrogens (primary N) is 1. The summed E-state index contributed by atoms with van der Waals surface area (Å²) in [5, 5.41) is 5.79. The molecule has 2 aromatic heterocycles. The Bertz CT molecular complexity index is 1410. The van der Waals surface area contributed by atoms with E-state index in [0.717, 1.165) is 16.9 Å². The number of hydrogen-bond donors (Lipinski definition) is 3. The normalized spacial score (nSPS) is 12.3. The van der Waals surface area contributed by atoms with Gasteiger partial charge in [-0.3, -0.25) is 18.9 Å². The monoisotopic (exact) mass is 590 g/mol. The van der Waals surface area contributed by atoms with Crippen LogP contribution in [0.2, 0.25) is 0 Å². The second kappa shape index (κ2) is 12.1. The molecule has 0 fully saturated rings. The van der Waals surface area contributed by atoms with Crippen LogP contribution in [-0.2, 0) is 23.6 Å². The van der Waals surface area contributed by atoms with Crippen LogP contribution in [0.1, 0.15) is 62.3 Å². The Balaban J connectivity index is 2.07. The maximum Gasteiger partial charge on any atom is 0.326 e. The van der Waals surface area contributed by atoms with Crippen molar-refractivity contribution in [2.24, 2.45) is 0 Å². The van der Waals surface area contributed by atoms with Gasteiger partial charge in [-0.05, 0) is 60.6 Å². The highest BCUT2D eigenvalue weighted by molar-refractivity contribution is 7.67. The van der Waals surface area contributed by atoms with Crippen LogP contribution in [0.5, 0.6) is 0 Å². The number of ether oxygens (including phenoxy) is 2. The van der Waals surface area contributed by atoms with E-state index in [1.54, 1.807) is 26.0 Å². The van der Waals surface area contributed by atoms with Crippen molar-refractivity contribution in [1.29, 1.82) is 0 Å². The fraction of sp³-hybridized carbons (Fsp3) is 0.407. The summed E-state index contributed by atoms with van der Waals surface area (Å²) in [6.45, 7) is 11.5. The second-order valence-corrected chi connectivity index (χ2v) is 13.2. The average molecular weight is 591 g/mol. The molecule has 13 heteroatoms. The molecular formula is C27H35N4O7PS. The zero-order chi connectivity index (χ0) is 29.9. The third-order valence-corrected chi connectivity index (χ3v) is 9.24. The number of aryl methyl sites for hydroxylation is 1. The Morgan fingerprint density at radius 2 is 1.48 bits per heavy atom. The number of carbonyl (C=O) groups is 3. The minimum Gasteiger partial charge on any atom is -0.465 e. The van der Waals surface area contributed by atoms with Crippen molar-refractivity contribution in [2.75, 3.05) is 18.9 Å². The smallest absolute Gasteiger partial charge is 0.326 e. The fourth-order valence-electron chi connectivity index (χ4n) is 3.76. The molecule has 0 saturated heterocycles. The Hall–Kier alpha value is -3.31. The van der Waals surface area contributed by atoms with E-state index < -0.39 is 30.5 Å². The van der Waals surface area contributed by atoms with E-state index in [1.165, 1.54) is 39.8 Å². The Morgan fingerprint density at radius 3 is 1.98 bits per heavy atom. The molecule has 1 aromatic carbocycles. The van der Waals surface area contributed by atoms with E-state index >= 15 is 0 Å². The molecule has 0 amide bonds. The lowest BCUT2D eigenvalue weighted by molar-refractivity contribution is -0.149. The number of thiazole rings is 1. The lowest BCUT2D eigenvalue weighted by atomic mass is 10.1. The third kappa shape index (κ3) is 6.87. The first kappa shape index (κ1) is 31.2. The van der Waals surface area contributed by atoms with Crippen molar-refractivity contribution >= 4 is 47.1 Å². The van der Waals surface area contributed by atoms with Crippen molar-refractivity contribution < 1.29 is 32.8 Å². The lowest BCUT2D eigenvalue weighted by Gasteiger charge is -2.34. The molecule has 3 rings (SSSR count). The van der Waals surface area contributed by atoms with Crippen LogP contribution >= 0.6 is 18.8 Å². The topological polar surface area (TPSA) is 163 Å². The van der Waals surface area contributed by atoms with Crippen molar-refractivity contribution in [3.8, 4) is 11.5 Å². The summed E-state index contributed by atoms with van der Waals surface area (Å²) in [5.41, 5.74) is 4.59. The molecule has 2 heterocycles. The van der Waals surface area contributed by atoms with Crippen molar-refractivity contribution in [3.63, 3.8) is 0 Å². The van der Waals surface area contributed by atoms with Gasteiger partial charge in [0.05, 0.1) is 13.2 Å². The first-order chi connectivity index (χ1) is 18.6. The molecule has 0 aliphatic carbocycles. The van der Waals surface area contributed by atoms with E-state index in [-0.39, 0.29) is 46.0 Å². The van der Waals surface area contributed by atoms with Gasteiger partial charge in [-0.15, -0.1) is 0 Å². The molecule has 0 aliphatic rings. The van der Waals surface area contributed by atoms with Crippen LogP contribution in [0, 0.1) is 6.92 Å². The zero-order valence-electron chi connectivity index (χ0n) is 23.6. The van der Waals surface area contributed by atoms with E-state index in [9.17, 15) is 18.9 Å². The van der Waals surface area contributed by atoms with E-state index in [2.05, 4.69) is 15.2 Å². The largest absolute Gasteiger partial charge is 0.465 e. The van der Waals surface area contributed by atoms with E-state index in [4.69, 9.17) is 19.6 Å². The average Bonchev–Trinajstić information content (AvgIpc) is 3.51. The number of benzene rings is 1. The quantitative estimate of drug-likeness (QED) is 0.157. The molecule has 11 nitrogen and oxygen atoms in total. The van der Waals surface area contributed by atoms with Gasteiger partial charge in [-0.2, -0.15) is 0 Å². The highest BCUT2D eigenvalue weighted by Crippen LogP contribution is 2.43. The molecule has 4 N–H and O–H groups in total. The summed E-state index contributed by atoms with van der Waals surface area (Å²) in [6, 6.07) is 10.00. The van der Waals surface area contributed by atoms with E-state index in [1.807, 2.05) is 19.1 Å². The van der Waals surface area contributed by atoms with Crippen LogP contribution in [0.15, 0.2) is 40.8 Å². The van der Waals surface area contributed by atoms with Gasteiger partial charge >= 0.3 is 11.9 Å². The number of furan rings is 1. The van der Waals surface area contributed by atoms with E-state index in [0.29, 0.717) is 5.56 Å². The van der Waals surface area contributed by atoms with Gasteiger partial charge in [0.2, 0.25) is 5.78 Å². The number of esters is 2. The van der Waals surface area contributed by atoms with Gasteiger partial charge in [0.15, 0.2) is 16.4 Å². The number of nitrogens with zero attached hydrogens (tertiary/aromatic N) is 1. The predicted molar refractivity (Wildman–Crippen MR) is 154 cm³/mol. The van der Waals surface area contributed by atoms with Crippen molar-refractivity contribution in [3.05, 3.63) is 52.4 Å². The van der Waals surface area contributed by atoms with Gasteiger partial charge in [-0.25, -0.2) is 15.2 Å². The van der Waals surface area contributed by atoms with Crippen molar-refractivity contribution in [2.45, 2.75) is 59.5 Å². The molecule has 0 bridgehead atoms. The predicted octanol–water partition coefficient (Wildman–Crippen LogP) is 4.21. The Labute approximate surface area is 237 Å². The summed E-state index contributed by atoms with van der Waals surface area (Å²) in [5.74, 6) is -1.48. The first-order valence-electron chi connectivity index (χ1n) is 12.7. The van der Waals surface area contributed by atoms with Crippen molar-refractivity contribution in [1.82, 2.24) is 15.2 Å². The second-order valence-electron chi connectivity index (χ2n) is 10.1. The summed E-state index contributed by atoms with van der Waals surface area (Å²) in [7, 11) is -4.07.